The van der Waals surface area contributed by atoms with E-state index >= 15 is 0 Å². The van der Waals surface area contributed by atoms with Gasteiger partial charge in [0.15, 0.2) is 5.72 Å². The summed E-state index contributed by atoms with van der Waals surface area (Å²) in [5.74, 6) is 0. The smallest absolute Gasteiger partial charge is 0.156 e. The second-order valence-corrected chi connectivity index (χ2v) is 2.54. The Morgan fingerprint density at radius 2 is 2.33 bits per heavy atom. The first-order chi connectivity index (χ1) is 4.15. The molecule has 0 aliphatic carbocycles. The molecule has 1 heterocycles. The van der Waals surface area contributed by atoms with Crippen molar-refractivity contribution in [3.8, 4) is 0 Å². The Hall–Kier alpha value is -0.120. The van der Waals surface area contributed by atoms with Crippen LogP contribution >= 0.6 is 0 Å². The molecular weight excluding hydrogens is 118 g/mol. The predicted octanol–water partition coefficient (Wildman–Crippen LogP) is -0.546. The highest BCUT2D eigenvalue weighted by Crippen LogP contribution is 2.20. The van der Waals surface area contributed by atoms with Crippen LogP contribution in [-0.2, 0) is 0 Å². The molecule has 1 fully saturated rings. The first-order valence-electron chi connectivity index (χ1n) is 3.24. The molecule has 1 aliphatic heterocycles. The molecule has 0 bridgehead atoms. The molecule has 0 aromatic carbocycles. The molecule has 1 rings (SSSR count). The highest BCUT2D eigenvalue weighted by molar-refractivity contribution is 4.85. The predicted molar refractivity (Wildman–Crippen MR) is 32.9 cm³/mol. The van der Waals surface area contributed by atoms with Crippen molar-refractivity contribution in [2.75, 3.05) is 6.54 Å². The average Bonchev–Trinajstić information content (AvgIpc) is 2.16. The summed E-state index contributed by atoms with van der Waals surface area (Å²) in [5, 5.41) is 22.2. The summed E-state index contributed by atoms with van der Waals surface area (Å²) in [4.78, 5) is 0. The minimum Gasteiger partial charge on any atom is -0.389 e. The maximum absolute atomic E-state index is 9.35. The number of hydrogen-bond acceptors (Lipinski definition) is 2. The lowest BCUT2D eigenvalue weighted by molar-refractivity contribution is -0.0793. The van der Waals surface area contributed by atoms with Gasteiger partial charge in [0, 0.05) is 6.54 Å². The highest BCUT2D eigenvalue weighted by Gasteiger charge is 2.36. The summed E-state index contributed by atoms with van der Waals surface area (Å²) in [7, 11) is 0. The molecule has 9 heavy (non-hydrogen) atoms. The molecule has 1 aliphatic rings. The van der Waals surface area contributed by atoms with Gasteiger partial charge >= 0.3 is 0 Å². The van der Waals surface area contributed by atoms with Gasteiger partial charge in [0.25, 0.3) is 0 Å². The van der Waals surface area contributed by atoms with Crippen LogP contribution in [0.2, 0.25) is 0 Å². The van der Waals surface area contributed by atoms with Crippen LogP contribution in [0.3, 0.4) is 0 Å². The Morgan fingerprint density at radius 3 is 2.56 bits per heavy atom. The van der Waals surface area contributed by atoms with Gasteiger partial charge in [-0.1, -0.05) is 0 Å². The molecule has 2 N–H and O–H groups in total. The zero-order chi connectivity index (χ0) is 6.91. The molecule has 0 amide bonds. The number of aliphatic hydroxyl groups is 2. The summed E-state index contributed by atoms with van der Waals surface area (Å²) < 4.78 is 0. The molecule has 1 saturated heterocycles. The first-order valence-corrected chi connectivity index (χ1v) is 3.24. The van der Waals surface area contributed by atoms with Crippen LogP contribution in [0.5, 0.6) is 0 Å². The zero-order valence-corrected chi connectivity index (χ0v) is 5.54. The van der Waals surface area contributed by atoms with E-state index in [0.29, 0.717) is 13.0 Å². The fourth-order valence-electron chi connectivity index (χ4n) is 1.03. The zero-order valence-electron chi connectivity index (χ0n) is 5.54. The van der Waals surface area contributed by atoms with Crippen LogP contribution in [0.25, 0.3) is 0 Å². The van der Waals surface area contributed by atoms with E-state index in [1.165, 1.54) is 0 Å². The van der Waals surface area contributed by atoms with E-state index in [0.717, 1.165) is 6.42 Å². The molecule has 3 heteroatoms. The van der Waals surface area contributed by atoms with E-state index in [2.05, 4.69) is 5.32 Å². The van der Waals surface area contributed by atoms with Crippen molar-refractivity contribution in [3.63, 3.8) is 0 Å². The van der Waals surface area contributed by atoms with Gasteiger partial charge in [0.2, 0.25) is 0 Å². The lowest BCUT2D eigenvalue weighted by Crippen LogP contribution is -2.44. The van der Waals surface area contributed by atoms with Crippen molar-refractivity contribution in [2.45, 2.75) is 31.6 Å². The van der Waals surface area contributed by atoms with Crippen molar-refractivity contribution in [2.24, 2.45) is 0 Å². The number of hydrogen-bond donors (Lipinski definition) is 2. The van der Waals surface area contributed by atoms with Gasteiger partial charge in [-0.2, -0.15) is 0 Å². The third-order valence-corrected chi connectivity index (χ3v) is 1.76. The van der Waals surface area contributed by atoms with Crippen LogP contribution in [0, 0.1) is 0 Å². The summed E-state index contributed by atoms with van der Waals surface area (Å²) in [6.45, 7) is 2.25. The average molecular weight is 130 g/mol. The SMILES string of the molecule is CC(O)C1(O)CCC[N]1. The van der Waals surface area contributed by atoms with Crippen LogP contribution in [0.4, 0.5) is 0 Å². The standard InChI is InChI=1S/C6H12NO2/c1-5(8)6(9)3-2-4-7-6/h5,8-9H,2-4H2,1H3. The van der Waals surface area contributed by atoms with Gasteiger partial charge in [0.1, 0.15) is 0 Å². The summed E-state index contributed by atoms with van der Waals surface area (Å²) in [6.07, 6.45) is 0.770. The van der Waals surface area contributed by atoms with Gasteiger partial charge in [-0.25, -0.2) is 5.32 Å². The first kappa shape index (κ1) is 6.99. The van der Waals surface area contributed by atoms with Gasteiger partial charge in [-0.05, 0) is 19.8 Å². The van der Waals surface area contributed by atoms with E-state index < -0.39 is 11.8 Å². The van der Waals surface area contributed by atoms with Gasteiger partial charge in [0.05, 0.1) is 6.10 Å². The van der Waals surface area contributed by atoms with Crippen molar-refractivity contribution in [1.82, 2.24) is 5.32 Å². The monoisotopic (exact) mass is 130 g/mol. The number of aliphatic hydroxyl groups excluding tert-OH is 1. The molecule has 0 aromatic rings. The Balaban J connectivity index is 2.51. The largest absolute Gasteiger partial charge is 0.389 e. The number of rotatable bonds is 1. The van der Waals surface area contributed by atoms with Crippen molar-refractivity contribution >= 4 is 0 Å². The van der Waals surface area contributed by atoms with Crippen LogP contribution in [0.15, 0.2) is 0 Å². The Morgan fingerprint density at radius 1 is 1.67 bits per heavy atom. The lowest BCUT2D eigenvalue weighted by Gasteiger charge is -2.23. The topological polar surface area (TPSA) is 54.6 Å². The molecule has 2 atom stereocenters. The Labute approximate surface area is 54.7 Å². The quantitative estimate of drug-likeness (QED) is 0.500. The van der Waals surface area contributed by atoms with Crippen LogP contribution in [0.1, 0.15) is 19.8 Å². The normalized spacial score (nSPS) is 39.0. The van der Waals surface area contributed by atoms with E-state index in [9.17, 15) is 5.11 Å². The van der Waals surface area contributed by atoms with E-state index in [1.54, 1.807) is 6.92 Å². The molecule has 3 nitrogen and oxygen atoms in total. The minimum absolute atomic E-state index is 0.602. The highest BCUT2D eigenvalue weighted by atomic mass is 16.4. The maximum Gasteiger partial charge on any atom is 0.156 e. The van der Waals surface area contributed by atoms with Crippen molar-refractivity contribution < 1.29 is 10.2 Å². The molecule has 2 unspecified atom stereocenters. The summed E-state index contributed by atoms with van der Waals surface area (Å²) in [5.41, 5.74) is -1.12. The van der Waals surface area contributed by atoms with Crippen molar-refractivity contribution in [3.05, 3.63) is 0 Å². The molecule has 0 saturated carbocycles. The fraction of sp³-hybridized carbons (Fsp3) is 1.00. The van der Waals surface area contributed by atoms with Gasteiger partial charge in [-0.15, -0.1) is 0 Å². The van der Waals surface area contributed by atoms with E-state index in [-0.39, 0.29) is 0 Å². The molecule has 0 spiro atoms. The maximum atomic E-state index is 9.35. The molecular formula is C6H12NO2. The van der Waals surface area contributed by atoms with Crippen LogP contribution in [-0.4, -0.2) is 28.6 Å². The minimum atomic E-state index is -1.12. The lowest BCUT2D eigenvalue weighted by atomic mass is 10.1. The van der Waals surface area contributed by atoms with E-state index in [1.807, 2.05) is 0 Å². The third kappa shape index (κ3) is 1.23. The van der Waals surface area contributed by atoms with Gasteiger partial charge < -0.3 is 10.2 Å². The van der Waals surface area contributed by atoms with E-state index in [4.69, 9.17) is 5.11 Å². The summed E-state index contributed by atoms with van der Waals surface area (Å²) in [6, 6.07) is 0. The second-order valence-electron chi connectivity index (χ2n) is 2.54. The molecule has 0 aromatic heterocycles. The summed E-state index contributed by atoms with van der Waals surface area (Å²) >= 11 is 0. The second kappa shape index (κ2) is 2.25. The third-order valence-electron chi connectivity index (χ3n) is 1.76. The van der Waals surface area contributed by atoms with Gasteiger partial charge in [-0.3, -0.25) is 0 Å². The van der Waals surface area contributed by atoms with Crippen LogP contribution < -0.4 is 5.32 Å². The fourth-order valence-corrected chi connectivity index (χ4v) is 1.03. The Bertz CT molecular complexity index is 97.2. The molecule has 1 radical (unpaired) electrons. The Kier molecular flexibility index (Phi) is 1.75. The van der Waals surface area contributed by atoms with Crippen molar-refractivity contribution in [1.29, 1.82) is 0 Å². The molecule has 53 valence electrons. The number of nitrogens with zero attached hydrogens (tertiary/aromatic N) is 1.